The van der Waals surface area contributed by atoms with Gasteiger partial charge in [0.15, 0.2) is 5.06 Å². The molecule has 0 unspecified atom stereocenters. The van der Waals surface area contributed by atoms with Gasteiger partial charge in [0.1, 0.15) is 0 Å². The highest BCUT2D eigenvalue weighted by atomic mass is 79.9. The van der Waals surface area contributed by atoms with Gasteiger partial charge < -0.3 is 9.47 Å². The highest BCUT2D eigenvalue weighted by Crippen LogP contribution is 2.37. The Labute approximate surface area is 96.3 Å². The minimum absolute atomic E-state index is 0.312. The molecule has 3 nitrogen and oxygen atoms in total. The van der Waals surface area contributed by atoms with Crippen molar-refractivity contribution in [2.45, 2.75) is 6.92 Å². The number of thiophene rings is 1. The minimum atomic E-state index is -0.677. The molecule has 6 heteroatoms. The third-order valence-electron chi connectivity index (χ3n) is 1.07. The van der Waals surface area contributed by atoms with Crippen LogP contribution in [0.15, 0.2) is 14.3 Å². The lowest BCUT2D eigenvalue weighted by Crippen LogP contribution is -2.08. The molecule has 1 heterocycles. The van der Waals surface area contributed by atoms with Crippen LogP contribution in [0.3, 0.4) is 0 Å². The largest absolute Gasteiger partial charge is 0.514 e. The van der Waals surface area contributed by atoms with Gasteiger partial charge in [0.2, 0.25) is 0 Å². The van der Waals surface area contributed by atoms with Gasteiger partial charge in [0, 0.05) is 10.5 Å². The van der Waals surface area contributed by atoms with E-state index in [1.807, 2.05) is 0 Å². The second kappa shape index (κ2) is 4.97. The molecule has 0 amide bonds. The summed E-state index contributed by atoms with van der Waals surface area (Å²) in [5.41, 5.74) is 0. The van der Waals surface area contributed by atoms with E-state index in [-0.39, 0.29) is 0 Å². The smallest absolute Gasteiger partial charge is 0.434 e. The SMILES string of the molecule is CCOC(=O)Oc1cc(Br)c(Br)s1. The Morgan fingerprint density at radius 1 is 1.62 bits per heavy atom. The summed E-state index contributed by atoms with van der Waals surface area (Å²) in [5.74, 6) is 0. The predicted molar refractivity (Wildman–Crippen MR) is 57.4 cm³/mol. The zero-order valence-corrected chi connectivity index (χ0v) is 10.7. The number of carbonyl (C=O) groups is 1. The van der Waals surface area contributed by atoms with Crippen molar-refractivity contribution in [3.05, 3.63) is 14.3 Å². The molecule has 0 aliphatic heterocycles. The summed E-state index contributed by atoms with van der Waals surface area (Å²) < 4.78 is 11.2. The fraction of sp³-hybridized carbons (Fsp3) is 0.286. The van der Waals surface area contributed by atoms with Gasteiger partial charge in [-0.15, -0.1) is 0 Å². The van der Waals surface area contributed by atoms with E-state index in [0.29, 0.717) is 11.7 Å². The monoisotopic (exact) mass is 328 g/mol. The molecule has 0 fully saturated rings. The summed E-state index contributed by atoms with van der Waals surface area (Å²) in [5, 5.41) is 0.497. The highest BCUT2D eigenvalue weighted by molar-refractivity contribution is 9.13. The van der Waals surface area contributed by atoms with Crippen molar-refractivity contribution in [1.82, 2.24) is 0 Å². The summed E-state index contributed by atoms with van der Waals surface area (Å²) in [6.07, 6.45) is -0.677. The minimum Gasteiger partial charge on any atom is -0.434 e. The van der Waals surface area contributed by atoms with Crippen molar-refractivity contribution in [1.29, 1.82) is 0 Å². The summed E-state index contributed by atoms with van der Waals surface area (Å²) in [7, 11) is 0. The zero-order valence-electron chi connectivity index (χ0n) is 6.67. The molecule has 0 aromatic carbocycles. The number of carbonyl (C=O) groups excluding carboxylic acids is 1. The number of halogens is 2. The van der Waals surface area contributed by atoms with Crippen molar-refractivity contribution in [3.63, 3.8) is 0 Å². The van der Waals surface area contributed by atoms with Gasteiger partial charge in [-0.25, -0.2) is 4.79 Å². The van der Waals surface area contributed by atoms with Crippen molar-refractivity contribution in [3.8, 4) is 5.06 Å². The molecule has 1 rings (SSSR count). The lowest BCUT2D eigenvalue weighted by molar-refractivity contribution is 0.105. The molecule has 0 saturated carbocycles. The van der Waals surface area contributed by atoms with Crippen LogP contribution < -0.4 is 4.74 Å². The van der Waals surface area contributed by atoms with E-state index in [9.17, 15) is 4.79 Å². The summed E-state index contributed by atoms with van der Waals surface area (Å²) in [4.78, 5) is 10.9. The molecule has 0 N–H and O–H groups in total. The van der Waals surface area contributed by atoms with Crippen LogP contribution in [0, 0.1) is 0 Å². The summed E-state index contributed by atoms with van der Waals surface area (Å²) >= 11 is 7.88. The Bertz CT molecular complexity index is 291. The molecule has 1 aromatic heterocycles. The van der Waals surface area contributed by atoms with Crippen LogP contribution in [-0.2, 0) is 4.74 Å². The Morgan fingerprint density at radius 3 is 2.77 bits per heavy atom. The summed E-state index contributed by atoms with van der Waals surface area (Å²) in [6.45, 7) is 2.04. The molecule has 0 atom stereocenters. The number of hydrogen-bond acceptors (Lipinski definition) is 4. The van der Waals surface area contributed by atoms with Gasteiger partial charge >= 0.3 is 6.16 Å². The first-order chi connectivity index (χ1) is 6.13. The first-order valence-electron chi connectivity index (χ1n) is 3.43. The van der Waals surface area contributed by atoms with Crippen LogP contribution in [0.25, 0.3) is 0 Å². The molecule has 0 bridgehead atoms. The molecular weight excluding hydrogens is 324 g/mol. The predicted octanol–water partition coefficient (Wildman–Crippen LogP) is 3.81. The summed E-state index contributed by atoms with van der Waals surface area (Å²) in [6, 6.07) is 1.70. The van der Waals surface area contributed by atoms with Crippen LogP contribution in [-0.4, -0.2) is 12.8 Å². The Hall–Kier alpha value is -0.0700. The van der Waals surface area contributed by atoms with Crippen LogP contribution in [0.1, 0.15) is 6.92 Å². The molecule has 13 heavy (non-hydrogen) atoms. The number of ether oxygens (including phenoxy) is 2. The van der Waals surface area contributed by atoms with Crippen molar-refractivity contribution >= 4 is 49.4 Å². The number of hydrogen-bond donors (Lipinski definition) is 0. The standard InChI is InChI=1S/C7H6Br2O3S/c1-2-11-7(10)12-5-3-4(8)6(9)13-5/h3H,2H2,1H3. The first-order valence-corrected chi connectivity index (χ1v) is 5.83. The van der Waals surface area contributed by atoms with E-state index in [4.69, 9.17) is 4.74 Å². The third-order valence-corrected chi connectivity index (χ3v) is 4.20. The first kappa shape index (κ1) is 11.0. The van der Waals surface area contributed by atoms with Crippen molar-refractivity contribution < 1.29 is 14.3 Å². The second-order valence-corrected chi connectivity index (χ2v) is 5.16. The molecular formula is C7H6Br2O3S. The van der Waals surface area contributed by atoms with Crippen LogP contribution in [0.5, 0.6) is 5.06 Å². The van der Waals surface area contributed by atoms with E-state index >= 15 is 0 Å². The van der Waals surface area contributed by atoms with Gasteiger partial charge in [-0.3, -0.25) is 0 Å². The molecule has 0 saturated heterocycles. The maximum atomic E-state index is 10.9. The van der Waals surface area contributed by atoms with Gasteiger partial charge in [0.25, 0.3) is 0 Å². The molecule has 0 aliphatic carbocycles. The number of rotatable bonds is 2. The van der Waals surface area contributed by atoms with Crippen LogP contribution >= 0.6 is 43.2 Å². The van der Waals surface area contributed by atoms with E-state index in [1.54, 1.807) is 13.0 Å². The molecule has 0 spiro atoms. The maximum absolute atomic E-state index is 10.9. The maximum Gasteiger partial charge on any atom is 0.514 e. The Morgan fingerprint density at radius 2 is 2.31 bits per heavy atom. The topological polar surface area (TPSA) is 35.5 Å². The van der Waals surface area contributed by atoms with E-state index in [2.05, 4.69) is 36.6 Å². The van der Waals surface area contributed by atoms with Crippen molar-refractivity contribution in [2.24, 2.45) is 0 Å². The Kier molecular flexibility index (Phi) is 4.21. The fourth-order valence-corrected chi connectivity index (χ4v) is 2.42. The highest BCUT2D eigenvalue weighted by Gasteiger charge is 2.09. The molecule has 0 aliphatic rings. The molecule has 0 radical (unpaired) electrons. The lowest BCUT2D eigenvalue weighted by Gasteiger charge is -1.99. The van der Waals surface area contributed by atoms with Gasteiger partial charge in [0.05, 0.1) is 10.4 Å². The van der Waals surface area contributed by atoms with E-state index < -0.39 is 6.16 Å². The van der Waals surface area contributed by atoms with E-state index in [0.717, 1.165) is 8.26 Å². The van der Waals surface area contributed by atoms with Crippen LogP contribution in [0.4, 0.5) is 4.79 Å². The van der Waals surface area contributed by atoms with Crippen molar-refractivity contribution in [2.75, 3.05) is 6.61 Å². The van der Waals surface area contributed by atoms with Gasteiger partial charge in [-0.2, -0.15) is 0 Å². The lowest BCUT2D eigenvalue weighted by atomic mass is 10.6. The fourth-order valence-electron chi connectivity index (χ4n) is 0.606. The quantitative estimate of drug-likeness (QED) is 0.774. The zero-order chi connectivity index (χ0) is 9.84. The normalized spacial score (nSPS) is 9.77. The van der Waals surface area contributed by atoms with Crippen LogP contribution in [0.2, 0.25) is 0 Å². The average molecular weight is 330 g/mol. The van der Waals surface area contributed by atoms with Gasteiger partial charge in [-0.05, 0) is 38.8 Å². The molecule has 72 valence electrons. The van der Waals surface area contributed by atoms with Gasteiger partial charge in [-0.1, -0.05) is 11.3 Å². The Balaban J connectivity index is 2.59. The third kappa shape index (κ3) is 3.28. The molecule has 1 aromatic rings. The average Bonchev–Trinajstić information content (AvgIpc) is 2.31. The van der Waals surface area contributed by atoms with E-state index in [1.165, 1.54) is 11.3 Å². The second-order valence-electron chi connectivity index (χ2n) is 1.97.